The van der Waals surface area contributed by atoms with Crippen LogP contribution in [0.4, 0.5) is 4.79 Å². The number of nitrogens with zero attached hydrogens (tertiary/aromatic N) is 2. The van der Waals surface area contributed by atoms with Crippen LogP contribution in [0.15, 0.2) is 11.4 Å². The minimum atomic E-state index is -0.702. The van der Waals surface area contributed by atoms with E-state index in [1.165, 1.54) is 16.2 Å². The van der Waals surface area contributed by atoms with Crippen LogP contribution in [-0.2, 0) is 14.3 Å². The van der Waals surface area contributed by atoms with Gasteiger partial charge in [0.2, 0.25) is 0 Å². The lowest BCUT2D eigenvalue weighted by atomic mass is 10.0. The summed E-state index contributed by atoms with van der Waals surface area (Å²) in [5, 5.41) is 2.24. The van der Waals surface area contributed by atoms with Crippen LogP contribution in [0.25, 0.3) is 0 Å². The van der Waals surface area contributed by atoms with Gasteiger partial charge >= 0.3 is 12.1 Å². The summed E-state index contributed by atoms with van der Waals surface area (Å²) >= 11 is 7.35. The number of hydrogen-bond donors (Lipinski definition) is 0. The molecule has 1 aromatic heterocycles. The molecule has 136 valence electrons. The van der Waals surface area contributed by atoms with Crippen molar-refractivity contribution in [3.05, 3.63) is 21.3 Å². The second-order valence-electron chi connectivity index (χ2n) is 5.87. The Bertz CT molecular complexity index is 671. The highest BCUT2D eigenvalue weighted by Crippen LogP contribution is 2.28. The fourth-order valence-electron chi connectivity index (χ4n) is 3.19. The summed E-state index contributed by atoms with van der Waals surface area (Å²) < 4.78 is 10.1. The highest BCUT2D eigenvalue weighted by atomic mass is 35.5. The molecule has 0 aromatic carbocycles. The van der Waals surface area contributed by atoms with E-state index >= 15 is 0 Å². The standard InChI is InChI=1S/C16H19ClN2O5S/c1-2-23-15(21)12-9-24-16(22)19(12)10-3-6-18(7-4-10)14(20)13-11(17)5-8-25-13/h5,8,10,12H,2-4,6-7,9H2,1H3/t12-/m0/s1. The lowest BCUT2D eigenvalue weighted by Gasteiger charge is -2.37. The first-order valence-corrected chi connectivity index (χ1v) is 9.42. The molecular weight excluding hydrogens is 368 g/mol. The molecule has 0 aliphatic carbocycles. The number of amides is 2. The summed E-state index contributed by atoms with van der Waals surface area (Å²) in [5.74, 6) is -0.540. The van der Waals surface area contributed by atoms with Crippen molar-refractivity contribution in [3.63, 3.8) is 0 Å². The molecule has 0 saturated carbocycles. The number of halogens is 1. The zero-order valence-electron chi connectivity index (χ0n) is 13.8. The molecule has 3 heterocycles. The number of hydrogen-bond acceptors (Lipinski definition) is 6. The Balaban J connectivity index is 1.63. The second-order valence-corrected chi connectivity index (χ2v) is 7.20. The topological polar surface area (TPSA) is 76.2 Å². The summed E-state index contributed by atoms with van der Waals surface area (Å²) in [7, 11) is 0. The number of cyclic esters (lactones) is 1. The van der Waals surface area contributed by atoms with Crippen LogP contribution < -0.4 is 0 Å². The van der Waals surface area contributed by atoms with E-state index in [0.717, 1.165) is 0 Å². The number of piperidine rings is 1. The Labute approximate surface area is 154 Å². The SMILES string of the molecule is CCOC(=O)[C@@H]1COC(=O)N1C1CCN(C(=O)c2sccc2Cl)CC1. The number of rotatable bonds is 4. The van der Waals surface area contributed by atoms with E-state index in [4.69, 9.17) is 21.1 Å². The normalized spacial score (nSPS) is 21.4. The van der Waals surface area contributed by atoms with Crippen molar-refractivity contribution in [1.29, 1.82) is 0 Å². The number of thiophene rings is 1. The summed E-state index contributed by atoms with van der Waals surface area (Å²) in [5.41, 5.74) is 0. The lowest BCUT2D eigenvalue weighted by molar-refractivity contribution is -0.148. The first-order valence-electron chi connectivity index (χ1n) is 8.17. The van der Waals surface area contributed by atoms with E-state index in [-0.39, 0.29) is 25.2 Å². The maximum Gasteiger partial charge on any atom is 0.410 e. The van der Waals surface area contributed by atoms with Gasteiger partial charge in [0.15, 0.2) is 6.04 Å². The van der Waals surface area contributed by atoms with Gasteiger partial charge in [0.25, 0.3) is 5.91 Å². The molecule has 1 atom stereocenters. The molecule has 1 aromatic rings. The number of likely N-dealkylation sites (tertiary alicyclic amines) is 1. The van der Waals surface area contributed by atoms with Gasteiger partial charge < -0.3 is 14.4 Å². The van der Waals surface area contributed by atoms with Crippen LogP contribution in [-0.4, -0.2) is 66.2 Å². The first-order chi connectivity index (χ1) is 12.0. The highest BCUT2D eigenvalue weighted by molar-refractivity contribution is 7.12. The molecule has 2 aliphatic heterocycles. The van der Waals surface area contributed by atoms with Crippen molar-refractivity contribution in [2.75, 3.05) is 26.3 Å². The smallest absolute Gasteiger partial charge is 0.410 e. The van der Waals surface area contributed by atoms with E-state index in [2.05, 4.69) is 0 Å². The molecule has 7 nitrogen and oxygen atoms in total. The van der Waals surface area contributed by atoms with Crippen molar-refractivity contribution >= 4 is 40.9 Å². The highest BCUT2D eigenvalue weighted by Gasteiger charge is 2.44. The Morgan fingerprint density at radius 2 is 2.12 bits per heavy atom. The van der Waals surface area contributed by atoms with E-state index in [9.17, 15) is 14.4 Å². The minimum absolute atomic E-state index is 0.0155. The average molecular weight is 387 g/mol. The number of esters is 1. The van der Waals surface area contributed by atoms with Crippen LogP contribution in [0.3, 0.4) is 0 Å². The molecule has 2 saturated heterocycles. The Morgan fingerprint density at radius 3 is 2.72 bits per heavy atom. The van der Waals surface area contributed by atoms with Gasteiger partial charge in [-0.2, -0.15) is 0 Å². The van der Waals surface area contributed by atoms with Crippen molar-refractivity contribution in [1.82, 2.24) is 9.80 Å². The third-order valence-electron chi connectivity index (χ3n) is 4.43. The van der Waals surface area contributed by atoms with Crippen LogP contribution >= 0.6 is 22.9 Å². The van der Waals surface area contributed by atoms with Crippen molar-refractivity contribution in [3.8, 4) is 0 Å². The Morgan fingerprint density at radius 1 is 1.40 bits per heavy atom. The third-order valence-corrected chi connectivity index (χ3v) is 5.76. The van der Waals surface area contributed by atoms with Gasteiger partial charge in [0.05, 0.1) is 11.6 Å². The summed E-state index contributed by atoms with van der Waals surface area (Å²) in [6.45, 7) is 2.99. The number of carbonyl (C=O) groups excluding carboxylic acids is 3. The Kier molecular flexibility index (Phi) is 5.48. The van der Waals surface area contributed by atoms with Gasteiger partial charge in [-0.3, -0.25) is 9.69 Å². The van der Waals surface area contributed by atoms with E-state index in [1.807, 2.05) is 0 Å². The molecule has 2 fully saturated rings. The number of carbonyl (C=O) groups is 3. The quantitative estimate of drug-likeness (QED) is 0.742. The maximum absolute atomic E-state index is 12.5. The van der Waals surface area contributed by atoms with Crippen molar-refractivity contribution in [2.45, 2.75) is 31.8 Å². The molecule has 25 heavy (non-hydrogen) atoms. The van der Waals surface area contributed by atoms with Crippen molar-refractivity contribution < 1.29 is 23.9 Å². The van der Waals surface area contributed by atoms with Gasteiger partial charge in [0, 0.05) is 19.1 Å². The van der Waals surface area contributed by atoms with Gasteiger partial charge in [-0.25, -0.2) is 9.59 Å². The molecule has 3 rings (SSSR count). The van der Waals surface area contributed by atoms with Crippen LogP contribution in [0.2, 0.25) is 5.02 Å². The van der Waals surface area contributed by atoms with E-state index < -0.39 is 18.1 Å². The zero-order valence-corrected chi connectivity index (χ0v) is 15.3. The minimum Gasteiger partial charge on any atom is -0.464 e. The molecule has 2 amide bonds. The summed E-state index contributed by atoms with van der Waals surface area (Å²) in [6.07, 6.45) is 0.670. The fraction of sp³-hybridized carbons (Fsp3) is 0.562. The first kappa shape index (κ1) is 18.0. The van der Waals surface area contributed by atoms with Gasteiger partial charge in [0.1, 0.15) is 11.5 Å². The van der Waals surface area contributed by atoms with Gasteiger partial charge in [-0.1, -0.05) is 11.6 Å². The number of ether oxygens (including phenoxy) is 2. The van der Waals surface area contributed by atoms with Crippen molar-refractivity contribution in [2.24, 2.45) is 0 Å². The predicted octanol–water partition coefficient (Wildman–Crippen LogP) is 2.39. The summed E-state index contributed by atoms with van der Waals surface area (Å²) in [4.78, 5) is 40.3. The molecular formula is C16H19ClN2O5S. The van der Waals surface area contributed by atoms with Crippen LogP contribution in [0.1, 0.15) is 29.4 Å². The molecule has 9 heteroatoms. The largest absolute Gasteiger partial charge is 0.464 e. The van der Waals surface area contributed by atoms with Crippen LogP contribution in [0.5, 0.6) is 0 Å². The molecule has 0 N–H and O–H groups in total. The monoisotopic (exact) mass is 386 g/mol. The zero-order chi connectivity index (χ0) is 18.0. The third kappa shape index (κ3) is 3.59. The van der Waals surface area contributed by atoms with Gasteiger partial charge in [-0.15, -0.1) is 11.3 Å². The lowest BCUT2D eigenvalue weighted by Crippen LogP contribution is -2.52. The molecule has 0 spiro atoms. The molecule has 0 radical (unpaired) electrons. The maximum atomic E-state index is 12.5. The molecule has 2 aliphatic rings. The molecule has 0 unspecified atom stereocenters. The van der Waals surface area contributed by atoms with E-state index in [1.54, 1.807) is 23.3 Å². The predicted molar refractivity (Wildman–Crippen MR) is 91.9 cm³/mol. The van der Waals surface area contributed by atoms with Gasteiger partial charge in [-0.05, 0) is 31.2 Å². The fourth-order valence-corrected chi connectivity index (χ4v) is 4.30. The van der Waals surface area contributed by atoms with E-state index in [0.29, 0.717) is 35.8 Å². The second kappa shape index (κ2) is 7.61. The summed E-state index contributed by atoms with van der Waals surface area (Å²) in [6, 6.07) is 0.856. The Hall–Kier alpha value is -1.80. The average Bonchev–Trinajstić information content (AvgIpc) is 3.20. The molecule has 0 bridgehead atoms. The van der Waals surface area contributed by atoms with Crippen LogP contribution in [0, 0.1) is 0 Å².